The number of carbonyl (C=O) groups is 1. The van der Waals surface area contributed by atoms with Gasteiger partial charge in [0.1, 0.15) is 11.4 Å². The van der Waals surface area contributed by atoms with E-state index in [0.717, 1.165) is 0 Å². The molecule has 6 nitrogen and oxygen atoms in total. The van der Waals surface area contributed by atoms with Crippen molar-refractivity contribution in [2.24, 2.45) is 0 Å². The Morgan fingerprint density at radius 1 is 1.39 bits per heavy atom. The molecule has 0 amide bonds. The number of fused-ring (bicyclic) bond motifs is 1. The molecule has 1 aliphatic rings. The third kappa shape index (κ3) is 3.25. The molecule has 0 spiro atoms. The van der Waals surface area contributed by atoms with Crippen LogP contribution in [-0.2, 0) is 16.1 Å². The van der Waals surface area contributed by atoms with Crippen molar-refractivity contribution in [2.45, 2.75) is 42.8 Å². The number of hydrogen-bond donors (Lipinski definition) is 1. The van der Waals surface area contributed by atoms with Crippen LogP contribution in [0.5, 0.6) is 0 Å². The number of aliphatic hydroxyl groups excluding tert-OH is 1. The van der Waals surface area contributed by atoms with E-state index in [1.807, 2.05) is 13.0 Å². The van der Waals surface area contributed by atoms with E-state index in [1.165, 1.54) is 11.8 Å². The van der Waals surface area contributed by atoms with Crippen molar-refractivity contribution < 1.29 is 14.6 Å². The molecule has 2 atom stereocenters. The van der Waals surface area contributed by atoms with Crippen molar-refractivity contribution in [1.82, 2.24) is 9.55 Å². The van der Waals surface area contributed by atoms with Gasteiger partial charge in [-0.25, -0.2) is 4.98 Å². The zero-order valence-electron chi connectivity index (χ0n) is 12.8. The lowest BCUT2D eigenvalue weighted by molar-refractivity contribution is -0.140. The van der Waals surface area contributed by atoms with E-state index in [4.69, 9.17) is 9.84 Å². The Morgan fingerprint density at radius 2 is 2.17 bits per heavy atom. The molecular weight excluding hydrogens is 316 g/mol. The predicted octanol–water partition coefficient (Wildman–Crippen LogP) is 1.57. The first-order valence-electron chi connectivity index (χ1n) is 7.57. The fourth-order valence-electron chi connectivity index (χ4n) is 2.61. The Labute approximate surface area is 137 Å². The molecule has 1 N–H and O–H groups in total. The van der Waals surface area contributed by atoms with Crippen molar-refractivity contribution in [3.05, 3.63) is 34.6 Å². The van der Waals surface area contributed by atoms with E-state index in [0.29, 0.717) is 35.4 Å². The first-order chi connectivity index (χ1) is 11.1. The molecule has 1 saturated heterocycles. The van der Waals surface area contributed by atoms with Crippen LogP contribution in [0.1, 0.15) is 19.8 Å². The number of aliphatic hydroxyl groups is 1. The highest BCUT2D eigenvalue weighted by molar-refractivity contribution is 8.00. The Balaban J connectivity index is 2.03. The molecule has 122 valence electrons. The van der Waals surface area contributed by atoms with Crippen LogP contribution in [0.15, 0.2) is 34.2 Å². The average Bonchev–Trinajstić information content (AvgIpc) is 2.85. The second-order valence-corrected chi connectivity index (χ2v) is 6.71. The van der Waals surface area contributed by atoms with E-state index in [1.54, 1.807) is 22.8 Å². The maximum absolute atomic E-state index is 12.7. The average molecular weight is 334 g/mol. The SMILES string of the molecule is C[C@@H]1C[C@@H](Sc2nc3ccccc3c(=O)n2CCCO)C(=O)O1. The van der Waals surface area contributed by atoms with Gasteiger partial charge in [-0.2, -0.15) is 0 Å². The summed E-state index contributed by atoms with van der Waals surface area (Å²) in [7, 11) is 0. The molecule has 0 unspecified atom stereocenters. The summed E-state index contributed by atoms with van der Waals surface area (Å²) in [6, 6.07) is 7.14. The normalized spacial score (nSPS) is 20.9. The van der Waals surface area contributed by atoms with Gasteiger partial charge in [0.05, 0.1) is 10.9 Å². The summed E-state index contributed by atoms with van der Waals surface area (Å²) in [4.78, 5) is 29.1. The Hall–Kier alpha value is -1.86. The fourth-order valence-corrected chi connectivity index (χ4v) is 3.83. The second kappa shape index (κ2) is 6.72. The highest BCUT2D eigenvalue weighted by Crippen LogP contribution is 2.31. The highest BCUT2D eigenvalue weighted by Gasteiger charge is 2.34. The number of ether oxygens (including phenoxy) is 1. The summed E-state index contributed by atoms with van der Waals surface area (Å²) in [5.74, 6) is -0.265. The molecule has 1 fully saturated rings. The molecular formula is C16H18N2O4S. The Bertz CT molecular complexity index is 789. The summed E-state index contributed by atoms with van der Waals surface area (Å²) < 4.78 is 6.71. The molecule has 0 aliphatic carbocycles. The number of esters is 1. The van der Waals surface area contributed by atoms with Gasteiger partial charge in [0.25, 0.3) is 5.56 Å². The molecule has 1 aromatic heterocycles. The summed E-state index contributed by atoms with van der Waals surface area (Å²) >= 11 is 1.26. The van der Waals surface area contributed by atoms with Crippen molar-refractivity contribution >= 4 is 28.6 Å². The quantitative estimate of drug-likeness (QED) is 0.660. The van der Waals surface area contributed by atoms with Crippen LogP contribution in [0.25, 0.3) is 10.9 Å². The fraction of sp³-hybridized carbons (Fsp3) is 0.438. The number of carbonyl (C=O) groups excluding carboxylic acids is 1. The maximum Gasteiger partial charge on any atom is 0.319 e. The maximum atomic E-state index is 12.7. The largest absolute Gasteiger partial charge is 0.462 e. The minimum absolute atomic E-state index is 0.00806. The molecule has 3 rings (SSSR count). The summed E-state index contributed by atoms with van der Waals surface area (Å²) in [5.41, 5.74) is 0.464. The van der Waals surface area contributed by atoms with Crippen LogP contribution in [0.2, 0.25) is 0 Å². The van der Waals surface area contributed by atoms with E-state index in [-0.39, 0.29) is 29.5 Å². The van der Waals surface area contributed by atoms with Gasteiger partial charge in [0.15, 0.2) is 5.16 Å². The van der Waals surface area contributed by atoms with Gasteiger partial charge < -0.3 is 9.84 Å². The molecule has 1 aromatic carbocycles. The lowest BCUT2D eigenvalue weighted by Crippen LogP contribution is -2.25. The lowest BCUT2D eigenvalue weighted by Gasteiger charge is -2.14. The van der Waals surface area contributed by atoms with Crippen molar-refractivity contribution in [1.29, 1.82) is 0 Å². The van der Waals surface area contributed by atoms with E-state index in [9.17, 15) is 9.59 Å². The number of cyclic esters (lactones) is 1. The van der Waals surface area contributed by atoms with Gasteiger partial charge >= 0.3 is 5.97 Å². The van der Waals surface area contributed by atoms with Crippen molar-refractivity contribution in [3.8, 4) is 0 Å². The van der Waals surface area contributed by atoms with Crippen LogP contribution in [-0.4, -0.2) is 38.6 Å². The molecule has 2 heterocycles. The predicted molar refractivity (Wildman–Crippen MR) is 87.5 cm³/mol. The molecule has 0 saturated carbocycles. The topological polar surface area (TPSA) is 81.4 Å². The van der Waals surface area contributed by atoms with Crippen LogP contribution in [0.3, 0.4) is 0 Å². The third-order valence-electron chi connectivity index (χ3n) is 3.74. The standard InChI is InChI=1S/C16H18N2O4S/c1-10-9-13(15(21)22-10)23-16-17-12-6-3-2-5-11(12)14(20)18(16)7-4-8-19/h2-3,5-6,10,13,19H,4,7-9H2,1H3/t10-,13-/m1/s1. The zero-order valence-corrected chi connectivity index (χ0v) is 13.6. The number of nitrogens with zero attached hydrogens (tertiary/aromatic N) is 2. The number of benzene rings is 1. The summed E-state index contributed by atoms with van der Waals surface area (Å²) in [5, 5.41) is 9.76. The van der Waals surface area contributed by atoms with Gasteiger partial charge in [-0.15, -0.1) is 0 Å². The van der Waals surface area contributed by atoms with Crippen LogP contribution in [0, 0.1) is 0 Å². The Kier molecular flexibility index (Phi) is 4.68. The first kappa shape index (κ1) is 16.0. The Morgan fingerprint density at radius 3 is 2.87 bits per heavy atom. The molecule has 0 radical (unpaired) electrons. The van der Waals surface area contributed by atoms with Gasteiger partial charge in [-0.3, -0.25) is 14.2 Å². The number of rotatable bonds is 5. The van der Waals surface area contributed by atoms with E-state index in [2.05, 4.69) is 4.98 Å². The summed E-state index contributed by atoms with van der Waals surface area (Å²) in [6.07, 6.45) is 0.948. The van der Waals surface area contributed by atoms with E-state index < -0.39 is 0 Å². The van der Waals surface area contributed by atoms with Crippen molar-refractivity contribution in [2.75, 3.05) is 6.61 Å². The van der Waals surface area contributed by atoms with Crippen LogP contribution in [0.4, 0.5) is 0 Å². The minimum Gasteiger partial charge on any atom is -0.462 e. The monoisotopic (exact) mass is 334 g/mol. The van der Waals surface area contributed by atoms with Gasteiger partial charge in [-0.05, 0) is 25.5 Å². The molecule has 0 bridgehead atoms. The highest BCUT2D eigenvalue weighted by atomic mass is 32.2. The number of para-hydroxylation sites is 1. The first-order valence-corrected chi connectivity index (χ1v) is 8.45. The van der Waals surface area contributed by atoms with Gasteiger partial charge in [-0.1, -0.05) is 23.9 Å². The molecule has 7 heteroatoms. The summed E-state index contributed by atoms with van der Waals surface area (Å²) in [6.45, 7) is 2.21. The lowest BCUT2D eigenvalue weighted by atomic mass is 10.2. The van der Waals surface area contributed by atoms with E-state index >= 15 is 0 Å². The van der Waals surface area contributed by atoms with Crippen LogP contribution >= 0.6 is 11.8 Å². The van der Waals surface area contributed by atoms with Crippen molar-refractivity contribution in [3.63, 3.8) is 0 Å². The third-order valence-corrected chi connectivity index (χ3v) is 4.93. The number of thioether (sulfide) groups is 1. The minimum atomic E-state index is -0.349. The zero-order chi connectivity index (χ0) is 16.4. The smallest absolute Gasteiger partial charge is 0.319 e. The van der Waals surface area contributed by atoms with Crippen LogP contribution < -0.4 is 5.56 Å². The molecule has 2 aromatic rings. The number of aromatic nitrogens is 2. The molecule has 1 aliphatic heterocycles. The molecule has 23 heavy (non-hydrogen) atoms. The van der Waals surface area contributed by atoms with Gasteiger partial charge in [0.2, 0.25) is 0 Å². The number of hydrogen-bond acceptors (Lipinski definition) is 6. The van der Waals surface area contributed by atoms with Gasteiger partial charge in [0, 0.05) is 19.6 Å². The second-order valence-electron chi connectivity index (χ2n) is 5.54.